The Hall–Kier alpha value is -4.22. The number of fused-ring (bicyclic) bond motifs is 2. The lowest BCUT2D eigenvalue weighted by atomic mass is 9.66. The van der Waals surface area contributed by atoms with Crippen molar-refractivity contribution in [2.24, 2.45) is 11.8 Å². The average Bonchev–Trinajstić information content (AvgIpc) is 3.77. The Morgan fingerprint density at radius 1 is 0.956 bits per heavy atom. The summed E-state index contributed by atoms with van der Waals surface area (Å²) in [5.41, 5.74) is 3.42. The van der Waals surface area contributed by atoms with Crippen molar-refractivity contribution in [2.45, 2.75) is 61.0 Å². The Labute approximate surface area is 265 Å². The van der Waals surface area contributed by atoms with Gasteiger partial charge in [-0.05, 0) is 49.4 Å². The number of carbonyl (C=O) groups is 3. The maximum absolute atomic E-state index is 14.6. The normalized spacial score (nSPS) is 27.5. The van der Waals surface area contributed by atoms with E-state index in [0.29, 0.717) is 31.3 Å². The predicted molar refractivity (Wildman–Crippen MR) is 171 cm³/mol. The molecule has 3 saturated heterocycles. The highest BCUT2D eigenvalue weighted by molar-refractivity contribution is 8.02. The van der Waals surface area contributed by atoms with Crippen LogP contribution in [-0.4, -0.2) is 70.9 Å². The molecule has 4 heterocycles. The van der Waals surface area contributed by atoms with Crippen LogP contribution in [0.1, 0.15) is 30.9 Å². The summed E-state index contributed by atoms with van der Waals surface area (Å²) in [6.07, 6.45) is 1.71. The summed E-state index contributed by atoms with van der Waals surface area (Å²) in [6, 6.07) is 25.3. The highest BCUT2D eigenvalue weighted by Crippen LogP contribution is 2.71. The minimum Gasteiger partial charge on any atom is -0.394 e. The van der Waals surface area contributed by atoms with Crippen LogP contribution < -0.4 is 10.6 Å². The monoisotopic (exact) mass is 624 g/mol. The predicted octanol–water partition coefficient (Wildman–Crippen LogP) is 2.91. The van der Waals surface area contributed by atoms with Crippen molar-refractivity contribution in [1.29, 1.82) is 0 Å². The highest BCUT2D eigenvalue weighted by atomic mass is 32.2. The Morgan fingerprint density at radius 2 is 1.64 bits per heavy atom. The number of para-hydroxylation sites is 1. The molecule has 0 saturated carbocycles. The van der Waals surface area contributed by atoms with Gasteiger partial charge in [0.15, 0.2) is 0 Å². The van der Waals surface area contributed by atoms with Gasteiger partial charge in [0.1, 0.15) is 18.2 Å². The fourth-order valence-electron chi connectivity index (χ4n) is 7.77. The highest BCUT2D eigenvalue weighted by Gasteiger charge is 2.77. The Morgan fingerprint density at radius 3 is 2.38 bits per heavy atom. The molecule has 0 radical (unpaired) electrons. The second-order valence-electron chi connectivity index (χ2n) is 12.5. The lowest BCUT2D eigenvalue weighted by molar-refractivity contribution is -0.143. The summed E-state index contributed by atoms with van der Waals surface area (Å²) >= 11 is 1.61. The number of amides is 3. The van der Waals surface area contributed by atoms with Crippen molar-refractivity contribution in [1.82, 2.24) is 30.5 Å². The Kier molecular flexibility index (Phi) is 7.61. The number of thioether (sulfide) groups is 1. The van der Waals surface area contributed by atoms with Gasteiger partial charge in [0.25, 0.3) is 0 Å². The second kappa shape index (κ2) is 11.6. The first-order valence-electron chi connectivity index (χ1n) is 15.4. The third-order valence-electron chi connectivity index (χ3n) is 9.80. The number of aromatic nitrogens is 3. The summed E-state index contributed by atoms with van der Waals surface area (Å²) in [7, 11) is 0. The quantitative estimate of drug-likeness (QED) is 0.248. The zero-order valence-electron chi connectivity index (χ0n) is 25.0. The van der Waals surface area contributed by atoms with Crippen LogP contribution in [0.4, 0.5) is 0 Å². The van der Waals surface area contributed by atoms with Gasteiger partial charge in [-0.2, -0.15) is 0 Å². The molecule has 4 aromatic rings. The van der Waals surface area contributed by atoms with Crippen molar-refractivity contribution >= 4 is 40.5 Å². The smallest absolute Gasteiger partial charge is 0.245 e. The topological polar surface area (TPSA) is 129 Å². The number of nitrogens with one attached hydrogen (secondary N) is 2. The standard InChI is InChI=1S/C34H36N6O4S/c1-33-16-17-34(45-33)28(27(33)30(42)35-19-23-12-6-3-7-13-23)32(44)40(24(20-41)18-22-10-4-2-5-11-22)29(34)31(43)36-21-39-26-15-9-8-14-25(26)37-38-39/h2-15,24,27-29,41H,16-21H2,1H3,(H,35,42)(H,36,43)/t24-,27+,28+,29?,33-,34?/m1/s1. The molecule has 2 bridgehead atoms. The van der Waals surface area contributed by atoms with E-state index in [2.05, 4.69) is 27.9 Å². The number of hydrogen-bond acceptors (Lipinski definition) is 7. The lowest BCUT2D eigenvalue weighted by Crippen LogP contribution is -2.57. The van der Waals surface area contributed by atoms with Gasteiger partial charge in [-0.15, -0.1) is 16.9 Å². The van der Waals surface area contributed by atoms with E-state index >= 15 is 0 Å². The summed E-state index contributed by atoms with van der Waals surface area (Å²) in [5, 5.41) is 25.2. The zero-order valence-corrected chi connectivity index (χ0v) is 25.8. The van der Waals surface area contributed by atoms with Crippen LogP contribution in [0.15, 0.2) is 84.9 Å². The molecule has 0 aliphatic carbocycles. The molecule has 10 nitrogen and oxygen atoms in total. The number of nitrogens with zero attached hydrogens (tertiary/aromatic N) is 4. The van der Waals surface area contributed by atoms with Crippen molar-refractivity contribution in [2.75, 3.05) is 6.61 Å². The first-order valence-corrected chi connectivity index (χ1v) is 16.2. The maximum Gasteiger partial charge on any atom is 0.245 e. The van der Waals surface area contributed by atoms with Crippen LogP contribution in [0.25, 0.3) is 11.0 Å². The van der Waals surface area contributed by atoms with Crippen LogP contribution in [0.2, 0.25) is 0 Å². The van der Waals surface area contributed by atoms with Gasteiger partial charge in [0.2, 0.25) is 17.7 Å². The Balaban J connectivity index is 1.22. The number of aliphatic hydroxyl groups excluding tert-OH is 1. The number of hydrogen-bond donors (Lipinski definition) is 3. The molecular formula is C34H36N6O4S. The molecule has 3 amide bonds. The molecule has 3 N–H and O–H groups in total. The molecule has 232 valence electrons. The van der Waals surface area contributed by atoms with Gasteiger partial charge in [0, 0.05) is 11.3 Å². The molecule has 3 fully saturated rings. The van der Waals surface area contributed by atoms with E-state index in [1.165, 1.54) is 0 Å². The van der Waals surface area contributed by atoms with Gasteiger partial charge in [-0.1, -0.05) is 78.0 Å². The first kappa shape index (κ1) is 29.5. The van der Waals surface area contributed by atoms with Gasteiger partial charge < -0.3 is 20.6 Å². The largest absolute Gasteiger partial charge is 0.394 e. The summed E-state index contributed by atoms with van der Waals surface area (Å²) < 4.78 is 0.318. The molecule has 6 atom stereocenters. The number of rotatable bonds is 10. The van der Waals surface area contributed by atoms with Gasteiger partial charge >= 0.3 is 0 Å². The lowest BCUT2D eigenvalue weighted by Gasteiger charge is -2.37. The fraction of sp³-hybridized carbons (Fsp3) is 0.382. The van der Waals surface area contributed by atoms with Gasteiger partial charge in [-0.25, -0.2) is 4.68 Å². The molecule has 3 aromatic carbocycles. The van der Waals surface area contributed by atoms with Gasteiger partial charge in [-0.3, -0.25) is 14.4 Å². The number of likely N-dealkylation sites (tertiary alicyclic amines) is 1. The van der Waals surface area contributed by atoms with Crippen LogP contribution in [0, 0.1) is 11.8 Å². The molecule has 1 spiro atoms. The molecule has 11 heteroatoms. The van der Waals surface area contributed by atoms with E-state index in [-0.39, 0.29) is 31.0 Å². The molecule has 45 heavy (non-hydrogen) atoms. The Bertz CT molecular complexity index is 1730. The molecule has 3 aliphatic rings. The summed E-state index contributed by atoms with van der Waals surface area (Å²) in [6.45, 7) is 2.18. The molecule has 3 aliphatic heterocycles. The fourth-order valence-corrected chi connectivity index (χ4v) is 10.1. The van der Waals surface area contributed by atoms with E-state index in [9.17, 15) is 19.5 Å². The first-order chi connectivity index (χ1) is 21.8. The van der Waals surface area contributed by atoms with E-state index in [0.717, 1.165) is 16.6 Å². The second-order valence-corrected chi connectivity index (χ2v) is 14.4. The van der Waals surface area contributed by atoms with Crippen LogP contribution in [0.3, 0.4) is 0 Å². The summed E-state index contributed by atoms with van der Waals surface area (Å²) in [4.78, 5) is 44.5. The van der Waals surface area contributed by atoms with Crippen LogP contribution >= 0.6 is 11.8 Å². The van der Waals surface area contributed by atoms with E-state index in [1.54, 1.807) is 21.3 Å². The van der Waals surface area contributed by atoms with Crippen molar-refractivity contribution in [3.8, 4) is 0 Å². The van der Waals surface area contributed by atoms with Crippen molar-refractivity contribution < 1.29 is 19.5 Å². The molecular weight excluding hydrogens is 588 g/mol. The average molecular weight is 625 g/mol. The maximum atomic E-state index is 14.6. The van der Waals surface area contributed by atoms with E-state index < -0.39 is 33.4 Å². The summed E-state index contributed by atoms with van der Waals surface area (Å²) in [5.74, 6) is -2.04. The molecule has 2 unspecified atom stereocenters. The number of aliphatic hydroxyl groups is 1. The van der Waals surface area contributed by atoms with Crippen LogP contribution in [-0.2, 0) is 34.0 Å². The SMILES string of the molecule is C[C@]12CCC3(S1)C(C(=O)NCn1nnc4ccccc41)N([C@@H](CO)Cc1ccccc1)C(=O)[C@@H]3[C@H]2C(=O)NCc1ccccc1. The minimum atomic E-state index is -0.871. The number of benzene rings is 3. The van der Waals surface area contributed by atoms with E-state index in [1.807, 2.05) is 84.9 Å². The van der Waals surface area contributed by atoms with Crippen molar-refractivity contribution in [3.05, 3.63) is 96.1 Å². The van der Waals surface area contributed by atoms with Crippen molar-refractivity contribution in [3.63, 3.8) is 0 Å². The number of carbonyl (C=O) groups excluding carboxylic acids is 3. The molecule has 1 aromatic heterocycles. The third-order valence-corrected chi connectivity index (χ3v) is 11.8. The van der Waals surface area contributed by atoms with E-state index in [4.69, 9.17) is 0 Å². The zero-order chi connectivity index (χ0) is 31.2. The third kappa shape index (κ3) is 4.98. The molecule has 7 rings (SSSR count). The minimum absolute atomic E-state index is 0.0734. The van der Waals surface area contributed by atoms with Crippen LogP contribution in [0.5, 0.6) is 0 Å². The van der Waals surface area contributed by atoms with Gasteiger partial charge in [0.05, 0.1) is 34.7 Å².